The first-order chi connectivity index (χ1) is 9.72. The molecule has 0 aliphatic carbocycles. The fraction of sp³-hybridized carbons (Fsp3) is 0.588. The van der Waals surface area contributed by atoms with E-state index in [4.69, 9.17) is 0 Å². The number of benzene rings is 1. The van der Waals surface area contributed by atoms with Gasteiger partial charge in [0.25, 0.3) is 0 Å². The van der Waals surface area contributed by atoms with Gasteiger partial charge in [0.05, 0.1) is 6.42 Å². The molecular weight excluding hydrogens is 284 g/mol. The third kappa shape index (κ3) is 5.01. The molecule has 0 bridgehead atoms. The number of piperidine rings is 1. The molecule has 4 heteroatoms. The zero-order chi connectivity index (χ0) is 14.4. The molecule has 3 nitrogen and oxygen atoms in total. The molecule has 0 unspecified atom stereocenters. The Hall–Kier alpha value is -1.06. The third-order valence-corrected chi connectivity index (χ3v) is 4.14. The Morgan fingerprint density at radius 2 is 1.95 bits per heavy atom. The summed E-state index contributed by atoms with van der Waals surface area (Å²) in [7, 11) is 0. The summed E-state index contributed by atoms with van der Waals surface area (Å²) in [6, 6.07) is 8.62. The van der Waals surface area contributed by atoms with Crippen molar-refractivity contribution in [2.24, 2.45) is 0 Å². The van der Waals surface area contributed by atoms with E-state index < -0.39 is 0 Å². The van der Waals surface area contributed by atoms with E-state index in [1.165, 1.54) is 5.56 Å². The van der Waals surface area contributed by atoms with Crippen molar-refractivity contribution in [3.05, 3.63) is 35.4 Å². The van der Waals surface area contributed by atoms with Crippen molar-refractivity contribution in [3.8, 4) is 0 Å². The molecule has 1 aliphatic rings. The van der Waals surface area contributed by atoms with Crippen molar-refractivity contribution in [1.82, 2.24) is 10.2 Å². The second-order valence-corrected chi connectivity index (χ2v) is 5.67. The molecule has 1 saturated heterocycles. The van der Waals surface area contributed by atoms with Crippen molar-refractivity contribution in [3.63, 3.8) is 0 Å². The van der Waals surface area contributed by atoms with Gasteiger partial charge in [-0.05, 0) is 50.4 Å². The van der Waals surface area contributed by atoms with Gasteiger partial charge in [-0.3, -0.25) is 4.79 Å². The third-order valence-electron chi connectivity index (χ3n) is 4.14. The van der Waals surface area contributed by atoms with Crippen molar-refractivity contribution < 1.29 is 4.79 Å². The van der Waals surface area contributed by atoms with Crippen LogP contribution >= 0.6 is 12.4 Å². The number of nitrogens with one attached hydrogen (secondary N) is 1. The van der Waals surface area contributed by atoms with Crippen molar-refractivity contribution in [2.75, 3.05) is 19.6 Å². The first-order valence-electron chi connectivity index (χ1n) is 7.77. The zero-order valence-corrected chi connectivity index (χ0v) is 13.9. The SMILES string of the molecule is CCCN(C(=O)Cc1ccccc1C)C1CCNCC1.Cl. The van der Waals surface area contributed by atoms with Crippen LogP contribution in [0.1, 0.15) is 37.3 Å². The summed E-state index contributed by atoms with van der Waals surface area (Å²) in [5.74, 6) is 0.285. The molecule has 0 aromatic heterocycles. The minimum Gasteiger partial charge on any atom is -0.339 e. The molecule has 2 rings (SSSR count). The summed E-state index contributed by atoms with van der Waals surface area (Å²) in [4.78, 5) is 14.8. The van der Waals surface area contributed by atoms with Gasteiger partial charge in [-0.15, -0.1) is 12.4 Å². The maximum atomic E-state index is 12.7. The number of rotatable bonds is 5. The average molecular weight is 311 g/mol. The molecule has 1 amide bonds. The monoisotopic (exact) mass is 310 g/mol. The fourth-order valence-electron chi connectivity index (χ4n) is 2.94. The maximum absolute atomic E-state index is 12.7. The van der Waals surface area contributed by atoms with Crippen LogP contribution in [-0.4, -0.2) is 36.5 Å². The summed E-state index contributed by atoms with van der Waals surface area (Å²) >= 11 is 0. The van der Waals surface area contributed by atoms with Crippen LogP contribution in [0.2, 0.25) is 0 Å². The van der Waals surface area contributed by atoms with Crippen LogP contribution < -0.4 is 5.32 Å². The Balaban J connectivity index is 0.00000220. The number of carbonyl (C=O) groups is 1. The second-order valence-electron chi connectivity index (χ2n) is 5.67. The van der Waals surface area contributed by atoms with Crippen LogP contribution in [0.15, 0.2) is 24.3 Å². The Morgan fingerprint density at radius 3 is 2.57 bits per heavy atom. The summed E-state index contributed by atoms with van der Waals surface area (Å²) in [6.07, 6.45) is 3.74. The first kappa shape index (κ1) is 18.0. The quantitative estimate of drug-likeness (QED) is 0.907. The maximum Gasteiger partial charge on any atom is 0.227 e. The van der Waals surface area contributed by atoms with Crippen molar-refractivity contribution in [1.29, 1.82) is 0 Å². The van der Waals surface area contributed by atoms with E-state index in [0.29, 0.717) is 12.5 Å². The number of amides is 1. The van der Waals surface area contributed by atoms with Gasteiger partial charge in [-0.1, -0.05) is 31.2 Å². The number of hydrogen-bond donors (Lipinski definition) is 1. The van der Waals surface area contributed by atoms with Crippen molar-refractivity contribution in [2.45, 2.75) is 45.6 Å². The molecule has 1 aromatic rings. The molecule has 118 valence electrons. The predicted octanol–water partition coefficient (Wildman–Crippen LogP) is 2.95. The Kier molecular flexibility index (Phi) is 7.76. The normalized spacial score (nSPS) is 15.3. The van der Waals surface area contributed by atoms with Crippen molar-refractivity contribution >= 4 is 18.3 Å². The van der Waals surface area contributed by atoms with Gasteiger partial charge in [0, 0.05) is 12.6 Å². The Bertz CT molecular complexity index is 444. The Morgan fingerprint density at radius 1 is 1.29 bits per heavy atom. The first-order valence-corrected chi connectivity index (χ1v) is 7.77. The van der Waals surface area contributed by atoms with Gasteiger partial charge in [-0.25, -0.2) is 0 Å². The summed E-state index contributed by atoms with van der Waals surface area (Å²) in [6.45, 7) is 7.17. The van der Waals surface area contributed by atoms with E-state index >= 15 is 0 Å². The lowest BCUT2D eigenvalue weighted by molar-refractivity contribution is -0.133. The summed E-state index contributed by atoms with van der Waals surface area (Å²) < 4.78 is 0. The molecular formula is C17H27ClN2O. The highest BCUT2D eigenvalue weighted by molar-refractivity contribution is 5.85. The van der Waals surface area contributed by atoms with Gasteiger partial charge in [0.1, 0.15) is 0 Å². The molecule has 0 saturated carbocycles. The van der Waals surface area contributed by atoms with Crippen LogP contribution in [0.5, 0.6) is 0 Å². The highest BCUT2D eigenvalue weighted by atomic mass is 35.5. The second kappa shape index (κ2) is 9.06. The number of nitrogens with zero attached hydrogens (tertiary/aromatic N) is 1. The lowest BCUT2D eigenvalue weighted by Gasteiger charge is -2.34. The van der Waals surface area contributed by atoms with Gasteiger partial charge < -0.3 is 10.2 Å². The minimum absolute atomic E-state index is 0. The van der Waals surface area contributed by atoms with E-state index in [1.807, 2.05) is 12.1 Å². The smallest absolute Gasteiger partial charge is 0.227 e. The lowest BCUT2D eigenvalue weighted by atomic mass is 10.0. The van der Waals surface area contributed by atoms with Crippen LogP contribution in [-0.2, 0) is 11.2 Å². The average Bonchev–Trinajstić information content (AvgIpc) is 2.48. The largest absolute Gasteiger partial charge is 0.339 e. The van der Waals surface area contributed by atoms with E-state index in [1.54, 1.807) is 0 Å². The number of aryl methyl sites for hydroxylation is 1. The van der Waals surface area contributed by atoms with Gasteiger partial charge >= 0.3 is 0 Å². The molecule has 1 aromatic carbocycles. The number of halogens is 1. The Labute approximate surface area is 134 Å². The molecule has 1 heterocycles. The molecule has 0 spiro atoms. The molecule has 21 heavy (non-hydrogen) atoms. The van der Waals surface area contributed by atoms with E-state index in [9.17, 15) is 4.79 Å². The molecule has 1 N–H and O–H groups in total. The van der Waals surface area contributed by atoms with Gasteiger partial charge in [0.2, 0.25) is 5.91 Å². The number of carbonyl (C=O) groups excluding carboxylic acids is 1. The zero-order valence-electron chi connectivity index (χ0n) is 13.1. The summed E-state index contributed by atoms with van der Waals surface area (Å²) in [5.41, 5.74) is 2.37. The highest BCUT2D eigenvalue weighted by Crippen LogP contribution is 2.16. The standard InChI is InChI=1S/C17H26N2O.ClH/c1-3-12-19(16-8-10-18-11-9-16)17(20)13-15-7-5-4-6-14(15)2;/h4-7,16,18H,3,8-13H2,1-2H3;1H. The number of hydrogen-bond acceptors (Lipinski definition) is 2. The molecule has 1 fully saturated rings. The van der Waals surface area contributed by atoms with E-state index in [-0.39, 0.29) is 18.3 Å². The predicted molar refractivity (Wildman–Crippen MR) is 90.0 cm³/mol. The van der Waals surface area contributed by atoms with Crippen LogP contribution in [0, 0.1) is 6.92 Å². The molecule has 1 aliphatic heterocycles. The molecule has 0 atom stereocenters. The lowest BCUT2D eigenvalue weighted by Crippen LogP contribution is -2.47. The van der Waals surface area contributed by atoms with E-state index in [0.717, 1.165) is 44.5 Å². The minimum atomic E-state index is 0. The topological polar surface area (TPSA) is 32.3 Å². The van der Waals surface area contributed by atoms with Crippen LogP contribution in [0.4, 0.5) is 0 Å². The van der Waals surface area contributed by atoms with Gasteiger partial charge in [0.15, 0.2) is 0 Å². The van der Waals surface area contributed by atoms with Gasteiger partial charge in [-0.2, -0.15) is 0 Å². The van der Waals surface area contributed by atoms with Crippen LogP contribution in [0.3, 0.4) is 0 Å². The fourth-order valence-corrected chi connectivity index (χ4v) is 2.94. The summed E-state index contributed by atoms with van der Waals surface area (Å²) in [5, 5.41) is 3.37. The van der Waals surface area contributed by atoms with E-state index in [2.05, 4.69) is 36.2 Å². The van der Waals surface area contributed by atoms with Crippen LogP contribution in [0.25, 0.3) is 0 Å². The molecule has 0 radical (unpaired) electrons. The highest BCUT2D eigenvalue weighted by Gasteiger charge is 2.24.